The molecule has 1 amide bonds. The molecule has 0 fully saturated rings. The number of hydrogen-bond acceptors (Lipinski definition) is 6. The molecule has 0 saturated heterocycles. The molecule has 1 aromatic heterocycles. The summed E-state index contributed by atoms with van der Waals surface area (Å²) >= 11 is 0. The second-order valence-electron chi connectivity index (χ2n) is 6.34. The molecular weight excluding hydrogens is 386 g/mol. The summed E-state index contributed by atoms with van der Waals surface area (Å²) in [5.74, 6) is 0.501. The maximum atomic E-state index is 12.5. The molecule has 0 aliphatic carbocycles. The van der Waals surface area contributed by atoms with Crippen molar-refractivity contribution >= 4 is 23.4 Å². The Morgan fingerprint density at radius 2 is 2.03 bits per heavy atom. The second kappa shape index (κ2) is 8.75. The number of nitro groups is 1. The Morgan fingerprint density at radius 3 is 2.73 bits per heavy atom. The molecule has 0 bridgehead atoms. The van der Waals surface area contributed by atoms with E-state index in [9.17, 15) is 20.2 Å². The van der Waals surface area contributed by atoms with Crippen LogP contribution in [0.15, 0.2) is 64.6 Å². The number of nitro benzene ring substituents is 1. The molecule has 30 heavy (non-hydrogen) atoms. The van der Waals surface area contributed by atoms with Gasteiger partial charge in [0.05, 0.1) is 17.7 Å². The van der Waals surface area contributed by atoms with Crippen molar-refractivity contribution in [1.29, 1.82) is 5.26 Å². The molecule has 0 radical (unpaired) electrons. The van der Waals surface area contributed by atoms with Crippen LogP contribution >= 0.6 is 0 Å². The van der Waals surface area contributed by atoms with Gasteiger partial charge in [0, 0.05) is 23.8 Å². The Balaban J connectivity index is 1.83. The van der Waals surface area contributed by atoms with Crippen LogP contribution < -0.4 is 10.1 Å². The molecule has 8 heteroatoms. The third-order valence-corrected chi connectivity index (χ3v) is 4.23. The monoisotopic (exact) mass is 403 g/mol. The van der Waals surface area contributed by atoms with Crippen LogP contribution in [0.2, 0.25) is 0 Å². The first-order chi connectivity index (χ1) is 14.4. The standard InChI is InChI=1S/C22H17N3O5/c1-14-6-8-19(21(10-14)29-2)24-22(26)16(13-23)12-18-7-9-20(30-18)15-4-3-5-17(11-15)25(27)28/h3-12H,1-2H3,(H,24,26)/b16-12+. The van der Waals surface area contributed by atoms with E-state index in [4.69, 9.17) is 9.15 Å². The number of nitrogens with zero attached hydrogens (tertiary/aromatic N) is 2. The minimum absolute atomic E-state index is 0.0647. The summed E-state index contributed by atoms with van der Waals surface area (Å²) < 4.78 is 10.9. The summed E-state index contributed by atoms with van der Waals surface area (Å²) in [6, 6.07) is 16.3. The quantitative estimate of drug-likeness (QED) is 0.275. The van der Waals surface area contributed by atoms with E-state index in [1.165, 1.54) is 25.3 Å². The van der Waals surface area contributed by atoms with E-state index < -0.39 is 10.8 Å². The summed E-state index contributed by atoms with van der Waals surface area (Å²) in [7, 11) is 1.49. The number of anilines is 1. The van der Waals surface area contributed by atoms with Gasteiger partial charge in [-0.1, -0.05) is 18.2 Å². The van der Waals surface area contributed by atoms with E-state index in [2.05, 4.69) is 5.32 Å². The number of amides is 1. The van der Waals surface area contributed by atoms with Crippen molar-refractivity contribution < 1.29 is 18.9 Å². The van der Waals surface area contributed by atoms with Crippen LogP contribution in [-0.4, -0.2) is 17.9 Å². The van der Waals surface area contributed by atoms with Gasteiger partial charge in [-0.2, -0.15) is 5.26 Å². The van der Waals surface area contributed by atoms with Gasteiger partial charge >= 0.3 is 0 Å². The Kier molecular flexibility index (Phi) is 5.94. The minimum Gasteiger partial charge on any atom is -0.495 e. The molecule has 3 rings (SSSR count). The smallest absolute Gasteiger partial charge is 0.270 e. The van der Waals surface area contributed by atoms with Crippen LogP contribution in [0.1, 0.15) is 11.3 Å². The van der Waals surface area contributed by atoms with E-state index in [0.717, 1.165) is 5.56 Å². The maximum Gasteiger partial charge on any atom is 0.270 e. The molecule has 3 aromatic rings. The van der Waals surface area contributed by atoms with E-state index in [1.54, 1.807) is 36.4 Å². The van der Waals surface area contributed by atoms with Crippen molar-refractivity contribution in [3.8, 4) is 23.1 Å². The maximum absolute atomic E-state index is 12.5. The van der Waals surface area contributed by atoms with Crippen LogP contribution in [-0.2, 0) is 4.79 Å². The molecule has 0 atom stereocenters. The number of rotatable bonds is 6. The molecule has 0 aliphatic heterocycles. The molecule has 8 nitrogen and oxygen atoms in total. The number of carbonyl (C=O) groups excluding carboxylic acids is 1. The Labute approximate surface area is 172 Å². The normalized spacial score (nSPS) is 10.9. The number of hydrogen-bond donors (Lipinski definition) is 1. The second-order valence-corrected chi connectivity index (χ2v) is 6.34. The summed E-state index contributed by atoms with van der Waals surface area (Å²) in [5.41, 5.74) is 1.68. The Hall–Kier alpha value is -4.38. The highest BCUT2D eigenvalue weighted by Crippen LogP contribution is 2.28. The summed E-state index contributed by atoms with van der Waals surface area (Å²) in [4.78, 5) is 23.0. The third-order valence-electron chi connectivity index (χ3n) is 4.23. The first kappa shape index (κ1) is 20.4. The number of aryl methyl sites for hydroxylation is 1. The summed E-state index contributed by atoms with van der Waals surface area (Å²) in [5, 5.41) is 23.0. The zero-order valence-electron chi connectivity index (χ0n) is 16.2. The highest BCUT2D eigenvalue weighted by molar-refractivity contribution is 6.10. The highest BCUT2D eigenvalue weighted by Gasteiger charge is 2.14. The van der Waals surface area contributed by atoms with Crippen molar-refractivity contribution in [3.63, 3.8) is 0 Å². The van der Waals surface area contributed by atoms with Gasteiger partial charge in [-0.15, -0.1) is 0 Å². The van der Waals surface area contributed by atoms with Crippen LogP contribution in [0.5, 0.6) is 5.75 Å². The average Bonchev–Trinajstić information content (AvgIpc) is 3.22. The first-order valence-corrected chi connectivity index (χ1v) is 8.83. The predicted octanol–water partition coefficient (Wildman–Crippen LogP) is 4.72. The number of furan rings is 1. The van der Waals surface area contributed by atoms with E-state index in [1.807, 2.05) is 19.1 Å². The molecule has 0 unspecified atom stereocenters. The Morgan fingerprint density at radius 1 is 1.23 bits per heavy atom. The zero-order chi connectivity index (χ0) is 21.7. The molecule has 1 N–H and O–H groups in total. The van der Waals surface area contributed by atoms with Crippen LogP contribution in [0.25, 0.3) is 17.4 Å². The van der Waals surface area contributed by atoms with Gasteiger partial charge in [-0.3, -0.25) is 14.9 Å². The van der Waals surface area contributed by atoms with Crippen molar-refractivity contribution in [1.82, 2.24) is 0 Å². The molecule has 2 aromatic carbocycles. The lowest BCUT2D eigenvalue weighted by atomic mass is 10.1. The fourth-order valence-corrected chi connectivity index (χ4v) is 2.74. The van der Waals surface area contributed by atoms with Gasteiger partial charge in [-0.25, -0.2) is 0 Å². The van der Waals surface area contributed by atoms with E-state index >= 15 is 0 Å². The third kappa shape index (κ3) is 4.54. The van der Waals surface area contributed by atoms with Gasteiger partial charge < -0.3 is 14.5 Å². The van der Waals surface area contributed by atoms with Gasteiger partial charge in [0.1, 0.15) is 28.9 Å². The van der Waals surface area contributed by atoms with Crippen molar-refractivity contribution in [2.24, 2.45) is 0 Å². The first-order valence-electron chi connectivity index (χ1n) is 8.83. The fourth-order valence-electron chi connectivity index (χ4n) is 2.74. The Bertz CT molecular complexity index is 1190. The average molecular weight is 403 g/mol. The van der Waals surface area contributed by atoms with Gasteiger partial charge in [0.2, 0.25) is 0 Å². The van der Waals surface area contributed by atoms with Crippen molar-refractivity contribution in [2.45, 2.75) is 6.92 Å². The fraction of sp³-hybridized carbons (Fsp3) is 0.0909. The number of nitrogens with one attached hydrogen (secondary N) is 1. The van der Waals surface area contributed by atoms with Crippen molar-refractivity contribution in [3.05, 3.63) is 81.6 Å². The largest absolute Gasteiger partial charge is 0.495 e. The lowest BCUT2D eigenvalue weighted by molar-refractivity contribution is -0.384. The molecule has 150 valence electrons. The van der Waals surface area contributed by atoms with Crippen LogP contribution in [0, 0.1) is 28.4 Å². The molecule has 0 aliphatic rings. The predicted molar refractivity (Wildman–Crippen MR) is 111 cm³/mol. The number of ether oxygens (including phenoxy) is 1. The van der Waals surface area contributed by atoms with E-state index in [-0.39, 0.29) is 17.0 Å². The summed E-state index contributed by atoms with van der Waals surface area (Å²) in [6.45, 7) is 1.89. The van der Waals surface area contributed by atoms with Crippen LogP contribution in [0.4, 0.5) is 11.4 Å². The number of benzene rings is 2. The molecule has 0 spiro atoms. The minimum atomic E-state index is -0.618. The number of carbonyl (C=O) groups is 1. The van der Waals surface area contributed by atoms with Gasteiger partial charge in [-0.05, 0) is 36.8 Å². The van der Waals surface area contributed by atoms with Crippen LogP contribution in [0.3, 0.4) is 0 Å². The molecular formula is C22H17N3O5. The number of nitriles is 1. The lowest BCUT2D eigenvalue weighted by Gasteiger charge is -2.10. The van der Waals surface area contributed by atoms with Gasteiger partial charge in [0.15, 0.2) is 0 Å². The number of methoxy groups -OCH3 is 1. The molecule has 1 heterocycles. The lowest BCUT2D eigenvalue weighted by Crippen LogP contribution is -2.14. The highest BCUT2D eigenvalue weighted by atomic mass is 16.6. The van der Waals surface area contributed by atoms with Crippen molar-refractivity contribution in [2.75, 3.05) is 12.4 Å². The van der Waals surface area contributed by atoms with Gasteiger partial charge in [0.25, 0.3) is 11.6 Å². The SMILES string of the molecule is COc1cc(C)ccc1NC(=O)/C(C#N)=C/c1ccc(-c2cccc([N+](=O)[O-])c2)o1. The molecule has 0 saturated carbocycles. The summed E-state index contributed by atoms with van der Waals surface area (Å²) in [6.07, 6.45) is 1.30. The topological polar surface area (TPSA) is 118 Å². The number of non-ortho nitro benzene ring substituents is 1. The van der Waals surface area contributed by atoms with E-state index in [0.29, 0.717) is 22.8 Å². The zero-order valence-corrected chi connectivity index (χ0v) is 16.2.